The summed E-state index contributed by atoms with van der Waals surface area (Å²) in [5.41, 5.74) is 1.04. The minimum Gasteiger partial charge on any atom is -0.478 e. The van der Waals surface area contributed by atoms with Gasteiger partial charge in [0.05, 0.1) is 30.9 Å². The van der Waals surface area contributed by atoms with Gasteiger partial charge in [0, 0.05) is 0 Å². The van der Waals surface area contributed by atoms with Gasteiger partial charge in [0.2, 0.25) is 0 Å². The topological polar surface area (TPSA) is 75.8 Å². The summed E-state index contributed by atoms with van der Waals surface area (Å²) < 4.78 is 11.2. The van der Waals surface area contributed by atoms with Gasteiger partial charge in [-0.2, -0.15) is 4.98 Å². The van der Waals surface area contributed by atoms with E-state index in [9.17, 15) is 9.90 Å². The van der Waals surface area contributed by atoms with Crippen LogP contribution in [0.2, 0.25) is 0 Å². The van der Waals surface area contributed by atoms with Crippen LogP contribution in [-0.2, 0) is 4.74 Å². The number of nitrogens with zero attached hydrogens (tertiary/aromatic N) is 2. The highest BCUT2D eigenvalue weighted by Gasteiger charge is 2.29. The zero-order chi connectivity index (χ0) is 14.3. The van der Waals surface area contributed by atoms with Gasteiger partial charge in [0.25, 0.3) is 6.01 Å². The maximum Gasteiger partial charge on any atom is 0.338 e. The van der Waals surface area contributed by atoms with E-state index >= 15 is 0 Å². The minimum atomic E-state index is -1.00. The summed E-state index contributed by atoms with van der Waals surface area (Å²) in [5, 5.41) is 9.19. The van der Waals surface area contributed by atoms with Crippen molar-refractivity contribution in [3.63, 3.8) is 0 Å². The van der Waals surface area contributed by atoms with Gasteiger partial charge in [-0.1, -0.05) is 6.07 Å². The number of hydrogen-bond acceptors (Lipinski definition) is 5. The fraction of sp³-hybridized carbons (Fsp3) is 0.429. The Morgan fingerprint density at radius 2 is 2.05 bits per heavy atom. The van der Waals surface area contributed by atoms with Crippen LogP contribution in [0.25, 0.3) is 11.1 Å². The molecular formula is C14H16N2O4. The highest BCUT2D eigenvalue weighted by molar-refractivity contribution is 6.00. The molecule has 0 radical (unpaired) electrons. The molecule has 0 unspecified atom stereocenters. The van der Waals surface area contributed by atoms with Gasteiger partial charge in [-0.15, -0.1) is 0 Å². The normalized spacial score (nSPS) is 23.2. The number of aromatic nitrogens is 1. The lowest BCUT2D eigenvalue weighted by Crippen LogP contribution is -2.49. The quantitative estimate of drug-likeness (QED) is 0.905. The van der Waals surface area contributed by atoms with Gasteiger partial charge in [-0.25, -0.2) is 4.79 Å². The van der Waals surface area contributed by atoms with Gasteiger partial charge < -0.3 is 19.2 Å². The Balaban J connectivity index is 2.08. The minimum absolute atomic E-state index is 0.139. The highest BCUT2D eigenvalue weighted by Crippen LogP contribution is 2.28. The number of benzene rings is 1. The van der Waals surface area contributed by atoms with Crippen LogP contribution in [-0.4, -0.2) is 41.4 Å². The first kappa shape index (κ1) is 12.9. The fourth-order valence-electron chi connectivity index (χ4n) is 2.60. The Hall–Kier alpha value is -2.08. The number of carbonyl (C=O) groups is 1. The molecule has 2 aromatic rings. The lowest BCUT2D eigenvalue weighted by atomic mass is 10.2. The molecule has 2 heterocycles. The molecule has 6 nitrogen and oxygen atoms in total. The van der Waals surface area contributed by atoms with Crippen molar-refractivity contribution in [3.8, 4) is 0 Å². The molecule has 20 heavy (non-hydrogen) atoms. The average Bonchev–Trinajstić information content (AvgIpc) is 2.81. The number of oxazole rings is 1. The van der Waals surface area contributed by atoms with Crippen molar-refractivity contribution < 1.29 is 19.1 Å². The monoisotopic (exact) mass is 276 g/mol. The summed E-state index contributed by atoms with van der Waals surface area (Å²) in [6.07, 6.45) is 0. The number of carboxylic acid groups (broad SMARTS) is 1. The van der Waals surface area contributed by atoms with Crippen LogP contribution in [0.4, 0.5) is 6.01 Å². The Bertz CT molecular complexity index is 642. The van der Waals surface area contributed by atoms with Crippen molar-refractivity contribution in [2.45, 2.75) is 25.9 Å². The van der Waals surface area contributed by atoms with Gasteiger partial charge >= 0.3 is 5.97 Å². The Labute approximate surface area is 116 Å². The van der Waals surface area contributed by atoms with E-state index in [-0.39, 0.29) is 17.6 Å². The van der Waals surface area contributed by atoms with E-state index < -0.39 is 5.97 Å². The number of rotatable bonds is 2. The number of aromatic carboxylic acids is 1. The predicted molar refractivity (Wildman–Crippen MR) is 73.2 cm³/mol. The van der Waals surface area contributed by atoms with E-state index in [1.165, 1.54) is 6.07 Å². The molecule has 1 aliphatic rings. The summed E-state index contributed by atoms with van der Waals surface area (Å²) >= 11 is 0. The van der Waals surface area contributed by atoms with E-state index in [1.807, 2.05) is 18.7 Å². The number of morpholine rings is 1. The van der Waals surface area contributed by atoms with Crippen LogP contribution < -0.4 is 4.90 Å². The molecule has 0 saturated carbocycles. The number of carboxylic acids is 1. The van der Waals surface area contributed by atoms with Gasteiger partial charge in [-0.05, 0) is 26.0 Å². The van der Waals surface area contributed by atoms with E-state index in [1.54, 1.807) is 12.1 Å². The van der Waals surface area contributed by atoms with Crippen molar-refractivity contribution in [1.29, 1.82) is 0 Å². The molecule has 1 aromatic carbocycles. The Morgan fingerprint density at radius 1 is 1.35 bits per heavy atom. The SMILES string of the molecule is C[C@H]1COC[C@H](C)N1c1nc2c(C(=O)O)cccc2o1. The molecule has 1 N–H and O–H groups in total. The molecule has 0 aliphatic carbocycles. The van der Waals surface area contributed by atoms with Crippen molar-refractivity contribution in [2.24, 2.45) is 0 Å². The second-order valence-electron chi connectivity index (χ2n) is 5.10. The number of fused-ring (bicyclic) bond motifs is 1. The molecule has 106 valence electrons. The van der Waals surface area contributed by atoms with E-state index in [2.05, 4.69) is 4.98 Å². The summed E-state index contributed by atoms with van der Waals surface area (Å²) in [7, 11) is 0. The van der Waals surface area contributed by atoms with E-state index in [0.29, 0.717) is 30.3 Å². The maximum atomic E-state index is 11.2. The molecular weight excluding hydrogens is 260 g/mol. The van der Waals surface area contributed by atoms with Crippen molar-refractivity contribution >= 4 is 23.1 Å². The summed E-state index contributed by atoms with van der Waals surface area (Å²) in [4.78, 5) is 17.6. The lowest BCUT2D eigenvalue weighted by Gasteiger charge is -2.37. The lowest BCUT2D eigenvalue weighted by molar-refractivity contribution is 0.0698. The second-order valence-corrected chi connectivity index (χ2v) is 5.10. The van der Waals surface area contributed by atoms with Crippen molar-refractivity contribution in [1.82, 2.24) is 4.98 Å². The molecule has 1 fully saturated rings. The first-order valence-electron chi connectivity index (χ1n) is 6.57. The van der Waals surface area contributed by atoms with E-state index in [0.717, 1.165) is 0 Å². The van der Waals surface area contributed by atoms with Gasteiger partial charge in [0.1, 0.15) is 5.52 Å². The molecule has 0 bridgehead atoms. The predicted octanol–water partition coefficient (Wildman–Crippen LogP) is 2.14. The van der Waals surface area contributed by atoms with Crippen LogP contribution in [0.5, 0.6) is 0 Å². The van der Waals surface area contributed by atoms with Crippen LogP contribution >= 0.6 is 0 Å². The maximum absolute atomic E-state index is 11.2. The summed E-state index contributed by atoms with van der Waals surface area (Å²) in [5.74, 6) is -1.00. The van der Waals surface area contributed by atoms with Crippen LogP contribution in [0.15, 0.2) is 22.6 Å². The molecule has 3 rings (SSSR count). The summed E-state index contributed by atoms with van der Waals surface area (Å²) in [6, 6.07) is 5.65. The van der Waals surface area contributed by atoms with Gasteiger partial charge in [-0.3, -0.25) is 0 Å². The number of anilines is 1. The van der Waals surface area contributed by atoms with Crippen LogP contribution in [0.1, 0.15) is 24.2 Å². The third-order valence-electron chi connectivity index (χ3n) is 3.53. The fourth-order valence-corrected chi connectivity index (χ4v) is 2.60. The first-order chi connectivity index (χ1) is 9.58. The molecule has 0 spiro atoms. The molecule has 2 atom stereocenters. The van der Waals surface area contributed by atoms with Crippen LogP contribution in [0, 0.1) is 0 Å². The van der Waals surface area contributed by atoms with E-state index in [4.69, 9.17) is 9.15 Å². The zero-order valence-electron chi connectivity index (χ0n) is 11.4. The van der Waals surface area contributed by atoms with Crippen molar-refractivity contribution in [2.75, 3.05) is 18.1 Å². The molecule has 6 heteroatoms. The van der Waals surface area contributed by atoms with Gasteiger partial charge in [0.15, 0.2) is 5.58 Å². The smallest absolute Gasteiger partial charge is 0.338 e. The molecule has 1 aliphatic heterocycles. The first-order valence-corrected chi connectivity index (χ1v) is 6.57. The molecule has 0 amide bonds. The highest BCUT2D eigenvalue weighted by atomic mass is 16.5. The number of ether oxygens (including phenoxy) is 1. The molecule has 1 saturated heterocycles. The average molecular weight is 276 g/mol. The largest absolute Gasteiger partial charge is 0.478 e. The Kier molecular flexibility index (Phi) is 3.10. The second kappa shape index (κ2) is 4.79. The number of hydrogen-bond donors (Lipinski definition) is 1. The van der Waals surface area contributed by atoms with Crippen molar-refractivity contribution in [3.05, 3.63) is 23.8 Å². The van der Waals surface area contributed by atoms with Crippen LogP contribution in [0.3, 0.4) is 0 Å². The zero-order valence-corrected chi connectivity index (χ0v) is 11.4. The standard InChI is InChI=1S/C14H16N2O4/c1-8-6-19-7-9(2)16(8)14-15-12-10(13(17)18)4-3-5-11(12)20-14/h3-5,8-9H,6-7H2,1-2H3,(H,17,18)/t8-,9-/m0/s1. The summed E-state index contributed by atoms with van der Waals surface area (Å²) in [6.45, 7) is 5.27. The Morgan fingerprint density at radius 3 is 2.70 bits per heavy atom. The third-order valence-corrected chi connectivity index (χ3v) is 3.53. The number of para-hydroxylation sites is 1. The third kappa shape index (κ3) is 2.02. The molecule has 1 aromatic heterocycles.